The molecule has 4 aliphatic rings. The molecule has 198 valence electrons. The molecule has 0 aromatic carbocycles. The van der Waals surface area contributed by atoms with Gasteiger partial charge in [-0.25, -0.2) is 0 Å². The summed E-state index contributed by atoms with van der Waals surface area (Å²) >= 11 is 0. The van der Waals surface area contributed by atoms with Gasteiger partial charge in [-0.3, -0.25) is 14.4 Å². The van der Waals surface area contributed by atoms with Crippen LogP contribution in [-0.2, 0) is 14.4 Å². The van der Waals surface area contributed by atoms with E-state index in [0.717, 1.165) is 12.8 Å². The Balaban J connectivity index is 1.84. The van der Waals surface area contributed by atoms with E-state index in [2.05, 4.69) is 6.92 Å². The molecule has 11 unspecified atom stereocenters. The fraction of sp³-hybridized carbons (Fsp3) is 0.893. The Morgan fingerprint density at radius 3 is 2.20 bits per heavy atom. The number of carbonyl (C=O) groups excluding carboxylic acids is 2. The topological polar surface area (TPSA) is 132 Å². The summed E-state index contributed by atoms with van der Waals surface area (Å²) in [6.07, 6.45) is 3.84. The number of aliphatic carboxylic acids is 1. The molecule has 0 radical (unpaired) electrons. The molecule has 35 heavy (non-hydrogen) atoms. The van der Waals surface area contributed by atoms with Crippen molar-refractivity contribution in [3.63, 3.8) is 0 Å². The number of rotatable bonds is 6. The van der Waals surface area contributed by atoms with Gasteiger partial charge in [-0.15, -0.1) is 0 Å². The van der Waals surface area contributed by atoms with Crippen LogP contribution in [0.1, 0.15) is 92.4 Å². The van der Waals surface area contributed by atoms with Crippen molar-refractivity contribution in [1.29, 1.82) is 0 Å². The van der Waals surface area contributed by atoms with Crippen molar-refractivity contribution in [2.45, 2.75) is 110 Å². The van der Waals surface area contributed by atoms with E-state index in [0.29, 0.717) is 32.1 Å². The number of hydrogen-bond acceptors (Lipinski definition) is 6. The third-order valence-corrected chi connectivity index (χ3v) is 11.8. The minimum atomic E-state index is -1.61. The number of carboxylic acids is 1. The van der Waals surface area contributed by atoms with Gasteiger partial charge in [0, 0.05) is 17.8 Å². The Morgan fingerprint density at radius 2 is 1.63 bits per heavy atom. The van der Waals surface area contributed by atoms with Crippen LogP contribution in [0.3, 0.4) is 0 Å². The highest BCUT2D eigenvalue weighted by Crippen LogP contribution is 2.72. The van der Waals surface area contributed by atoms with Crippen LogP contribution in [0, 0.1) is 46.3 Å². The Hall–Kier alpha value is -1.31. The summed E-state index contributed by atoms with van der Waals surface area (Å²) in [6, 6.07) is 0. The molecule has 4 N–H and O–H groups in total. The summed E-state index contributed by atoms with van der Waals surface area (Å²) in [4.78, 5) is 37.7. The zero-order valence-electron chi connectivity index (χ0n) is 21.9. The van der Waals surface area contributed by atoms with Gasteiger partial charge in [0.1, 0.15) is 11.2 Å². The molecule has 4 saturated carbocycles. The first-order valence-corrected chi connectivity index (χ1v) is 13.5. The predicted molar refractivity (Wildman–Crippen MR) is 129 cm³/mol. The fourth-order valence-electron chi connectivity index (χ4n) is 9.70. The summed E-state index contributed by atoms with van der Waals surface area (Å²) in [5, 5.41) is 44.0. The van der Waals surface area contributed by atoms with Crippen molar-refractivity contribution in [3.8, 4) is 0 Å². The van der Waals surface area contributed by atoms with Gasteiger partial charge in [0.15, 0.2) is 11.6 Å². The van der Waals surface area contributed by atoms with Crippen LogP contribution in [0.5, 0.6) is 0 Å². The largest absolute Gasteiger partial charge is 0.481 e. The van der Waals surface area contributed by atoms with Gasteiger partial charge in [-0.05, 0) is 100 Å². The van der Waals surface area contributed by atoms with Crippen molar-refractivity contribution in [2.75, 3.05) is 0 Å². The lowest BCUT2D eigenvalue weighted by Gasteiger charge is -2.68. The van der Waals surface area contributed by atoms with Gasteiger partial charge in [0.2, 0.25) is 0 Å². The Labute approximate surface area is 208 Å². The fourth-order valence-corrected chi connectivity index (χ4v) is 9.70. The van der Waals surface area contributed by atoms with Crippen LogP contribution in [0.25, 0.3) is 0 Å². The number of carbonyl (C=O) groups is 3. The summed E-state index contributed by atoms with van der Waals surface area (Å²) in [5.74, 6) is -2.41. The standard InChI is InChI=1S/C28H44O7/c1-15(6-9-23(32)33)20-7-8-21-24-22(14-28(35,17(3)30)26(20,21)5)25(4)11-10-19(31)12-18(25)13-27(24,34)16(2)29/h15,18-22,24,31,34-35H,6-14H2,1-5H3,(H,32,33). The molecule has 4 rings (SSSR count). The van der Waals surface area contributed by atoms with Gasteiger partial charge in [0.25, 0.3) is 0 Å². The van der Waals surface area contributed by atoms with Crippen molar-refractivity contribution in [1.82, 2.24) is 0 Å². The molecule has 0 bridgehead atoms. The number of aliphatic hydroxyl groups is 3. The molecule has 0 saturated heterocycles. The van der Waals surface area contributed by atoms with Crippen LogP contribution in [-0.4, -0.2) is 55.3 Å². The van der Waals surface area contributed by atoms with E-state index in [9.17, 15) is 34.8 Å². The lowest BCUT2D eigenvalue weighted by atomic mass is 9.37. The molecule has 11 atom stereocenters. The molecule has 4 aliphatic carbocycles. The maximum atomic E-state index is 13.3. The normalized spacial score (nSPS) is 49.9. The first-order valence-electron chi connectivity index (χ1n) is 13.5. The number of hydrogen-bond donors (Lipinski definition) is 4. The van der Waals surface area contributed by atoms with Crippen LogP contribution < -0.4 is 0 Å². The number of Topliss-reactive ketones (excluding diaryl/α,β-unsaturated/α-hetero) is 2. The summed E-state index contributed by atoms with van der Waals surface area (Å²) in [7, 11) is 0. The zero-order chi connectivity index (χ0) is 26.1. The van der Waals surface area contributed by atoms with Gasteiger partial charge >= 0.3 is 5.97 Å². The maximum absolute atomic E-state index is 13.3. The van der Waals surface area contributed by atoms with Crippen LogP contribution in [0.4, 0.5) is 0 Å². The van der Waals surface area contributed by atoms with Gasteiger partial charge in [-0.2, -0.15) is 0 Å². The second kappa shape index (κ2) is 8.63. The van der Waals surface area contributed by atoms with E-state index < -0.39 is 28.7 Å². The molecule has 7 nitrogen and oxygen atoms in total. The van der Waals surface area contributed by atoms with Crippen molar-refractivity contribution in [3.05, 3.63) is 0 Å². The third kappa shape index (κ3) is 3.66. The van der Waals surface area contributed by atoms with E-state index in [-0.39, 0.29) is 65.3 Å². The van der Waals surface area contributed by atoms with E-state index in [1.807, 2.05) is 13.8 Å². The molecule has 0 aromatic rings. The average Bonchev–Trinajstić information content (AvgIpc) is 3.12. The van der Waals surface area contributed by atoms with Crippen molar-refractivity contribution >= 4 is 17.5 Å². The second-order valence-electron chi connectivity index (χ2n) is 13.1. The lowest BCUT2D eigenvalue weighted by molar-refractivity contribution is -0.259. The van der Waals surface area contributed by atoms with Gasteiger partial charge < -0.3 is 20.4 Å². The quantitative estimate of drug-likeness (QED) is 0.447. The summed E-state index contributed by atoms with van der Waals surface area (Å²) < 4.78 is 0. The summed E-state index contributed by atoms with van der Waals surface area (Å²) in [6.45, 7) is 9.04. The second-order valence-corrected chi connectivity index (χ2v) is 13.1. The highest BCUT2D eigenvalue weighted by molar-refractivity contribution is 5.88. The number of carboxylic acid groups (broad SMARTS) is 1. The van der Waals surface area contributed by atoms with E-state index in [1.54, 1.807) is 0 Å². The average molecular weight is 493 g/mol. The Bertz CT molecular complexity index is 902. The highest BCUT2D eigenvalue weighted by Gasteiger charge is 2.74. The van der Waals surface area contributed by atoms with E-state index in [1.165, 1.54) is 13.8 Å². The SMILES string of the molecule is CC(=O)C1(O)CC2CC(O)CCC2(C)C2CC(O)(C(C)=O)C3(C)C(C(C)CCC(=O)O)CCC3C21. The molecule has 0 aliphatic heterocycles. The molecule has 0 spiro atoms. The Morgan fingerprint density at radius 1 is 0.971 bits per heavy atom. The highest BCUT2D eigenvalue weighted by atomic mass is 16.4. The number of aliphatic hydroxyl groups excluding tert-OH is 1. The van der Waals surface area contributed by atoms with Crippen molar-refractivity contribution in [2.24, 2.45) is 46.3 Å². The monoisotopic (exact) mass is 492 g/mol. The van der Waals surface area contributed by atoms with Gasteiger partial charge in [0.05, 0.1) is 6.10 Å². The lowest BCUT2D eigenvalue weighted by Crippen LogP contribution is -2.72. The molecule has 0 heterocycles. The molecule has 7 heteroatoms. The van der Waals surface area contributed by atoms with E-state index in [4.69, 9.17) is 0 Å². The van der Waals surface area contributed by atoms with Crippen molar-refractivity contribution < 1.29 is 34.8 Å². The predicted octanol–water partition coefficient (Wildman–Crippen LogP) is 3.37. The zero-order valence-corrected chi connectivity index (χ0v) is 21.9. The molecule has 4 fully saturated rings. The number of ketones is 2. The first-order chi connectivity index (χ1) is 16.1. The minimum Gasteiger partial charge on any atom is -0.481 e. The molecule has 0 amide bonds. The minimum absolute atomic E-state index is 0.0225. The smallest absolute Gasteiger partial charge is 0.303 e. The van der Waals surface area contributed by atoms with Crippen LogP contribution >= 0.6 is 0 Å². The Kier molecular flexibility index (Phi) is 6.59. The third-order valence-electron chi connectivity index (χ3n) is 11.8. The van der Waals surface area contributed by atoms with Gasteiger partial charge in [-0.1, -0.05) is 20.8 Å². The molecular formula is C28H44O7. The van der Waals surface area contributed by atoms with E-state index >= 15 is 0 Å². The maximum Gasteiger partial charge on any atom is 0.303 e. The van der Waals surface area contributed by atoms with Crippen LogP contribution in [0.15, 0.2) is 0 Å². The van der Waals surface area contributed by atoms with Crippen LogP contribution in [0.2, 0.25) is 0 Å². The first kappa shape index (κ1) is 26.7. The molecular weight excluding hydrogens is 448 g/mol. The summed E-state index contributed by atoms with van der Waals surface area (Å²) in [5.41, 5.74) is -4.33. The number of fused-ring (bicyclic) bond motifs is 5. The molecule has 0 aromatic heterocycles.